The van der Waals surface area contributed by atoms with Gasteiger partial charge in [-0.25, -0.2) is 13.1 Å². The molecule has 0 aliphatic rings. The van der Waals surface area contributed by atoms with Gasteiger partial charge >= 0.3 is 0 Å². The number of nitrogens with two attached hydrogens (primary N) is 1. The molecule has 1 atom stereocenters. The Morgan fingerprint density at radius 2 is 1.61 bits per heavy atom. The minimum absolute atomic E-state index is 0.125. The van der Waals surface area contributed by atoms with Gasteiger partial charge in [-0.3, -0.25) is 4.79 Å². The zero-order chi connectivity index (χ0) is 16.9. The van der Waals surface area contributed by atoms with Crippen molar-refractivity contribution in [3.8, 4) is 11.1 Å². The molecule has 122 valence electrons. The van der Waals surface area contributed by atoms with Crippen LogP contribution in [0.2, 0.25) is 0 Å². The van der Waals surface area contributed by atoms with Crippen molar-refractivity contribution in [2.45, 2.75) is 24.3 Å². The van der Waals surface area contributed by atoms with Crippen molar-refractivity contribution in [1.29, 1.82) is 0 Å². The summed E-state index contributed by atoms with van der Waals surface area (Å²) in [6, 6.07) is 15.4. The molecule has 0 aromatic heterocycles. The van der Waals surface area contributed by atoms with Gasteiger partial charge in [0.2, 0.25) is 10.0 Å². The van der Waals surface area contributed by atoms with Gasteiger partial charge in [0, 0.05) is 0 Å². The lowest BCUT2D eigenvalue weighted by Crippen LogP contribution is -2.40. The highest BCUT2D eigenvalue weighted by molar-refractivity contribution is 7.89. The zero-order valence-electron chi connectivity index (χ0n) is 12.9. The van der Waals surface area contributed by atoms with Gasteiger partial charge < -0.3 is 5.73 Å². The first-order valence-electron chi connectivity index (χ1n) is 7.32. The summed E-state index contributed by atoms with van der Waals surface area (Å²) >= 11 is 0. The third kappa shape index (κ3) is 4.48. The summed E-state index contributed by atoms with van der Waals surface area (Å²) in [6.45, 7) is 1.58. The van der Waals surface area contributed by atoms with Gasteiger partial charge in [0.25, 0.3) is 0 Å². The largest absolute Gasteiger partial charge is 0.330 e. The van der Waals surface area contributed by atoms with Crippen molar-refractivity contribution in [2.75, 3.05) is 6.54 Å². The van der Waals surface area contributed by atoms with Crippen LogP contribution in [0.5, 0.6) is 0 Å². The summed E-state index contributed by atoms with van der Waals surface area (Å²) in [5, 5.41) is 0. The van der Waals surface area contributed by atoms with Gasteiger partial charge in [-0.15, -0.1) is 0 Å². The van der Waals surface area contributed by atoms with Crippen LogP contribution >= 0.6 is 0 Å². The Kier molecular flexibility index (Phi) is 5.65. The fourth-order valence-electron chi connectivity index (χ4n) is 2.22. The number of hydrogen-bond acceptors (Lipinski definition) is 4. The van der Waals surface area contributed by atoms with Crippen LogP contribution in [-0.2, 0) is 14.8 Å². The lowest BCUT2D eigenvalue weighted by molar-refractivity contribution is -0.118. The van der Waals surface area contributed by atoms with E-state index in [2.05, 4.69) is 4.72 Å². The maximum absolute atomic E-state index is 12.4. The number of Topliss-reactive ketones (excluding diaryl/α,β-unsaturated/α-hetero) is 1. The number of nitrogens with one attached hydrogen (secondary N) is 1. The molecular formula is C17H20N2O3S. The molecule has 6 heteroatoms. The number of carbonyl (C=O) groups is 1. The van der Waals surface area contributed by atoms with Crippen molar-refractivity contribution in [2.24, 2.45) is 5.73 Å². The van der Waals surface area contributed by atoms with E-state index in [1.807, 2.05) is 30.3 Å². The number of rotatable bonds is 7. The molecule has 2 rings (SSSR count). The highest BCUT2D eigenvalue weighted by Gasteiger charge is 2.22. The average Bonchev–Trinajstić information content (AvgIpc) is 2.55. The minimum atomic E-state index is -3.75. The number of carbonyl (C=O) groups excluding carboxylic acids is 1. The molecule has 23 heavy (non-hydrogen) atoms. The standard InChI is InChI=1S/C17H20N2O3S/c1-13(20)17(11-12-18)19-23(21,22)16-9-7-15(8-10-16)14-5-3-2-4-6-14/h2-10,17,19H,11-12,18H2,1H3. The van der Waals surface area contributed by atoms with Crippen molar-refractivity contribution in [1.82, 2.24) is 4.72 Å². The Balaban J connectivity index is 2.22. The van der Waals surface area contributed by atoms with Crippen LogP contribution < -0.4 is 10.5 Å². The van der Waals surface area contributed by atoms with Gasteiger partial charge in [-0.2, -0.15) is 0 Å². The molecule has 3 N–H and O–H groups in total. The normalized spacial score (nSPS) is 12.8. The predicted octanol–water partition coefficient (Wildman–Crippen LogP) is 1.94. The monoisotopic (exact) mass is 332 g/mol. The lowest BCUT2D eigenvalue weighted by Gasteiger charge is -2.15. The number of hydrogen-bond donors (Lipinski definition) is 2. The quantitative estimate of drug-likeness (QED) is 0.811. The van der Waals surface area contributed by atoms with Crippen molar-refractivity contribution in [3.63, 3.8) is 0 Å². The Bertz CT molecular complexity index is 756. The first kappa shape index (κ1) is 17.3. The summed E-state index contributed by atoms with van der Waals surface area (Å²) in [4.78, 5) is 11.6. The summed E-state index contributed by atoms with van der Waals surface area (Å²) in [6.07, 6.45) is 0.274. The van der Waals surface area contributed by atoms with Crippen LogP contribution in [0.1, 0.15) is 13.3 Å². The van der Waals surface area contributed by atoms with E-state index in [4.69, 9.17) is 5.73 Å². The highest BCUT2D eigenvalue weighted by atomic mass is 32.2. The van der Waals surface area contributed by atoms with E-state index in [0.29, 0.717) is 0 Å². The molecule has 0 aliphatic carbocycles. The van der Waals surface area contributed by atoms with Crippen LogP contribution in [0.15, 0.2) is 59.5 Å². The van der Waals surface area contributed by atoms with Gasteiger partial charge in [0.1, 0.15) is 5.78 Å². The SMILES string of the molecule is CC(=O)C(CCN)NS(=O)(=O)c1ccc(-c2ccccc2)cc1. The Labute approximate surface area is 136 Å². The van der Waals surface area contributed by atoms with Crippen molar-refractivity contribution in [3.05, 3.63) is 54.6 Å². The van der Waals surface area contributed by atoms with Gasteiger partial charge in [-0.05, 0) is 43.1 Å². The zero-order valence-corrected chi connectivity index (χ0v) is 13.7. The first-order chi connectivity index (χ1) is 10.9. The smallest absolute Gasteiger partial charge is 0.241 e. The van der Waals surface area contributed by atoms with E-state index >= 15 is 0 Å². The van der Waals surface area contributed by atoms with Crippen LogP contribution in [-0.4, -0.2) is 26.8 Å². The van der Waals surface area contributed by atoms with Gasteiger partial charge in [0.05, 0.1) is 10.9 Å². The number of benzene rings is 2. The van der Waals surface area contributed by atoms with E-state index in [-0.39, 0.29) is 23.6 Å². The van der Waals surface area contributed by atoms with Crippen LogP contribution in [0.4, 0.5) is 0 Å². The second-order valence-corrected chi connectivity index (χ2v) is 6.97. The Morgan fingerprint density at radius 3 is 2.13 bits per heavy atom. The molecule has 5 nitrogen and oxygen atoms in total. The molecular weight excluding hydrogens is 312 g/mol. The van der Waals surface area contributed by atoms with Crippen molar-refractivity contribution >= 4 is 15.8 Å². The molecule has 0 saturated heterocycles. The summed E-state index contributed by atoms with van der Waals surface area (Å²) in [5.74, 6) is -0.250. The van der Waals surface area contributed by atoms with Crippen LogP contribution in [0, 0.1) is 0 Å². The maximum atomic E-state index is 12.4. The molecule has 0 spiro atoms. The second-order valence-electron chi connectivity index (χ2n) is 5.25. The second kappa shape index (κ2) is 7.50. The Hall–Kier alpha value is -2.02. The van der Waals surface area contributed by atoms with Gasteiger partial charge in [-0.1, -0.05) is 42.5 Å². The summed E-state index contributed by atoms with van der Waals surface area (Å²) in [5.41, 5.74) is 7.36. The molecule has 0 aliphatic heterocycles. The summed E-state index contributed by atoms with van der Waals surface area (Å²) < 4.78 is 27.1. The number of ketones is 1. The molecule has 0 saturated carbocycles. The molecule has 0 bridgehead atoms. The van der Waals surface area contributed by atoms with Crippen LogP contribution in [0.3, 0.4) is 0 Å². The molecule has 2 aromatic rings. The fraction of sp³-hybridized carbons (Fsp3) is 0.235. The molecule has 0 amide bonds. The van der Waals surface area contributed by atoms with E-state index in [9.17, 15) is 13.2 Å². The highest BCUT2D eigenvalue weighted by Crippen LogP contribution is 2.21. The third-order valence-corrected chi connectivity index (χ3v) is 5.00. The molecule has 0 heterocycles. The molecule has 0 radical (unpaired) electrons. The van der Waals surface area contributed by atoms with E-state index in [1.54, 1.807) is 12.1 Å². The maximum Gasteiger partial charge on any atom is 0.241 e. The average molecular weight is 332 g/mol. The van der Waals surface area contributed by atoms with Gasteiger partial charge in [0.15, 0.2) is 0 Å². The minimum Gasteiger partial charge on any atom is -0.330 e. The van der Waals surface area contributed by atoms with E-state index < -0.39 is 16.1 Å². The third-order valence-electron chi connectivity index (χ3n) is 3.52. The number of sulfonamides is 1. The Morgan fingerprint density at radius 1 is 1.04 bits per heavy atom. The van der Waals surface area contributed by atoms with Crippen molar-refractivity contribution < 1.29 is 13.2 Å². The predicted molar refractivity (Wildman–Crippen MR) is 90.3 cm³/mol. The molecule has 2 aromatic carbocycles. The summed E-state index contributed by atoms with van der Waals surface area (Å²) in [7, 11) is -3.75. The first-order valence-corrected chi connectivity index (χ1v) is 8.80. The lowest BCUT2D eigenvalue weighted by atomic mass is 10.1. The molecule has 0 fully saturated rings. The fourth-order valence-corrected chi connectivity index (χ4v) is 3.51. The topological polar surface area (TPSA) is 89.3 Å². The van der Waals surface area contributed by atoms with E-state index in [0.717, 1.165) is 11.1 Å². The van der Waals surface area contributed by atoms with E-state index in [1.165, 1.54) is 19.1 Å². The molecule has 1 unspecified atom stereocenters. The van der Waals surface area contributed by atoms with Crippen LogP contribution in [0.25, 0.3) is 11.1 Å².